The number of aromatic nitrogens is 2. The molecule has 0 aliphatic carbocycles. The second kappa shape index (κ2) is 5.90. The van der Waals surface area contributed by atoms with Crippen LogP contribution in [0.5, 0.6) is 0 Å². The molecule has 100 valence electrons. The van der Waals surface area contributed by atoms with Gasteiger partial charge in [0.15, 0.2) is 0 Å². The fraction of sp³-hybridized carbons (Fsp3) is 0.438. The Morgan fingerprint density at radius 2 is 2.21 bits per heavy atom. The van der Waals surface area contributed by atoms with Gasteiger partial charge in [0.05, 0.1) is 23.6 Å². The maximum Gasteiger partial charge on any atom is 0.127 e. The number of rotatable bonds is 5. The molecule has 0 aliphatic rings. The summed E-state index contributed by atoms with van der Waals surface area (Å²) in [7, 11) is 0. The summed E-state index contributed by atoms with van der Waals surface area (Å²) in [4.78, 5) is 4.70. The van der Waals surface area contributed by atoms with E-state index in [4.69, 9.17) is 17.1 Å². The molecule has 0 bridgehead atoms. The van der Waals surface area contributed by atoms with Crippen molar-refractivity contribution in [2.75, 3.05) is 0 Å². The average molecular weight is 255 g/mol. The van der Waals surface area contributed by atoms with Crippen LogP contribution in [-0.2, 0) is 13.0 Å². The van der Waals surface area contributed by atoms with Gasteiger partial charge in [-0.15, -0.1) is 6.42 Å². The number of nitrogens with two attached hydrogens (primary N) is 1. The minimum absolute atomic E-state index is 0.0455. The summed E-state index contributed by atoms with van der Waals surface area (Å²) in [6.45, 7) is 4.79. The van der Waals surface area contributed by atoms with E-state index in [0.717, 1.165) is 36.1 Å². The number of aryl methyl sites for hydroxylation is 1. The molecule has 0 saturated heterocycles. The first kappa shape index (κ1) is 13.6. The number of imidazole rings is 1. The molecule has 3 nitrogen and oxygen atoms in total. The van der Waals surface area contributed by atoms with Crippen LogP contribution in [-0.4, -0.2) is 9.55 Å². The van der Waals surface area contributed by atoms with Gasteiger partial charge in [-0.05, 0) is 30.5 Å². The minimum atomic E-state index is -0.0455. The van der Waals surface area contributed by atoms with Crippen LogP contribution in [0.15, 0.2) is 18.2 Å². The van der Waals surface area contributed by atoms with Gasteiger partial charge >= 0.3 is 0 Å². The van der Waals surface area contributed by atoms with Crippen LogP contribution >= 0.6 is 0 Å². The summed E-state index contributed by atoms with van der Waals surface area (Å²) in [5.41, 5.74) is 9.58. The van der Waals surface area contributed by atoms with Crippen molar-refractivity contribution in [2.45, 2.75) is 45.7 Å². The van der Waals surface area contributed by atoms with Crippen LogP contribution in [0.25, 0.3) is 11.0 Å². The van der Waals surface area contributed by atoms with E-state index < -0.39 is 0 Å². The van der Waals surface area contributed by atoms with Crippen molar-refractivity contribution in [3.05, 3.63) is 29.6 Å². The van der Waals surface area contributed by atoms with E-state index in [2.05, 4.69) is 42.5 Å². The molecule has 1 atom stereocenters. The normalized spacial score (nSPS) is 12.5. The molecule has 2 rings (SSSR count). The monoisotopic (exact) mass is 255 g/mol. The molecular formula is C16H21N3. The third kappa shape index (κ3) is 2.64. The molecule has 2 aromatic rings. The van der Waals surface area contributed by atoms with Crippen molar-refractivity contribution in [3.8, 4) is 12.3 Å². The topological polar surface area (TPSA) is 43.8 Å². The number of hydrogen-bond donors (Lipinski definition) is 1. The minimum Gasteiger partial charge on any atom is -0.321 e. The van der Waals surface area contributed by atoms with Gasteiger partial charge in [-0.1, -0.05) is 32.3 Å². The molecule has 0 aliphatic heterocycles. The predicted octanol–water partition coefficient (Wildman–Crippen LogP) is 3.03. The highest BCUT2D eigenvalue weighted by Gasteiger charge is 2.16. The van der Waals surface area contributed by atoms with Gasteiger partial charge in [-0.3, -0.25) is 0 Å². The summed E-state index contributed by atoms with van der Waals surface area (Å²) in [5, 5.41) is 0. The van der Waals surface area contributed by atoms with Crippen molar-refractivity contribution in [3.63, 3.8) is 0 Å². The SMILES string of the molecule is C#CCn1c(C(N)CCC)nc2cc(CC)ccc21. The zero-order chi connectivity index (χ0) is 13.8. The Hall–Kier alpha value is -1.79. The number of fused-ring (bicyclic) bond motifs is 1. The molecule has 1 aromatic carbocycles. The lowest BCUT2D eigenvalue weighted by atomic mass is 10.1. The van der Waals surface area contributed by atoms with Crippen LogP contribution < -0.4 is 5.73 Å². The maximum atomic E-state index is 6.22. The first-order chi connectivity index (χ1) is 9.21. The zero-order valence-corrected chi connectivity index (χ0v) is 11.7. The van der Waals surface area contributed by atoms with Gasteiger partial charge in [0, 0.05) is 0 Å². The van der Waals surface area contributed by atoms with Crippen molar-refractivity contribution in [1.29, 1.82) is 0 Å². The molecule has 0 spiro atoms. The van der Waals surface area contributed by atoms with Gasteiger partial charge < -0.3 is 10.3 Å². The third-order valence-corrected chi connectivity index (χ3v) is 3.43. The van der Waals surface area contributed by atoms with Crippen molar-refractivity contribution < 1.29 is 0 Å². The molecule has 19 heavy (non-hydrogen) atoms. The quantitative estimate of drug-likeness (QED) is 0.835. The summed E-state index contributed by atoms with van der Waals surface area (Å²) in [6.07, 6.45) is 8.45. The lowest BCUT2D eigenvalue weighted by Crippen LogP contribution is -2.16. The van der Waals surface area contributed by atoms with Gasteiger partial charge in [0.25, 0.3) is 0 Å². The highest BCUT2D eigenvalue weighted by molar-refractivity contribution is 5.77. The molecule has 0 saturated carbocycles. The van der Waals surface area contributed by atoms with E-state index in [1.54, 1.807) is 0 Å². The number of benzene rings is 1. The molecule has 0 radical (unpaired) electrons. The largest absolute Gasteiger partial charge is 0.321 e. The predicted molar refractivity (Wildman–Crippen MR) is 79.8 cm³/mol. The lowest BCUT2D eigenvalue weighted by molar-refractivity contribution is 0.576. The van der Waals surface area contributed by atoms with Crippen LogP contribution in [0.3, 0.4) is 0 Å². The zero-order valence-electron chi connectivity index (χ0n) is 11.7. The van der Waals surface area contributed by atoms with Crippen molar-refractivity contribution >= 4 is 11.0 Å². The molecule has 2 N–H and O–H groups in total. The molecule has 1 aromatic heterocycles. The van der Waals surface area contributed by atoms with Crippen molar-refractivity contribution in [1.82, 2.24) is 9.55 Å². The highest BCUT2D eigenvalue weighted by Crippen LogP contribution is 2.23. The first-order valence-corrected chi connectivity index (χ1v) is 6.89. The van der Waals surface area contributed by atoms with Crippen LogP contribution in [0, 0.1) is 12.3 Å². The molecular weight excluding hydrogens is 234 g/mol. The smallest absolute Gasteiger partial charge is 0.127 e. The lowest BCUT2D eigenvalue weighted by Gasteiger charge is -2.11. The van der Waals surface area contributed by atoms with E-state index in [1.165, 1.54) is 5.56 Å². The standard InChI is InChI=1S/C16H21N3/c1-4-7-13(17)16-18-14-11-12(6-3)8-9-15(14)19(16)10-5-2/h2,8-9,11,13H,4,6-7,10,17H2,1,3H3. The first-order valence-electron chi connectivity index (χ1n) is 6.89. The second-order valence-electron chi connectivity index (χ2n) is 4.83. The molecule has 1 heterocycles. The van der Waals surface area contributed by atoms with Gasteiger partial charge in [-0.2, -0.15) is 0 Å². The van der Waals surface area contributed by atoms with Crippen molar-refractivity contribution in [2.24, 2.45) is 5.73 Å². The van der Waals surface area contributed by atoms with E-state index >= 15 is 0 Å². The van der Waals surface area contributed by atoms with Crippen LogP contribution in [0.2, 0.25) is 0 Å². The van der Waals surface area contributed by atoms with E-state index in [9.17, 15) is 0 Å². The van der Waals surface area contributed by atoms with E-state index in [-0.39, 0.29) is 6.04 Å². The van der Waals surface area contributed by atoms with E-state index in [0.29, 0.717) is 6.54 Å². The average Bonchev–Trinajstić information content (AvgIpc) is 2.77. The highest BCUT2D eigenvalue weighted by atomic mass is 15.1. The Morgan fingerprint density at radius 3 is 2.84 bits per heavy atom. The summed E-state index contributed by atoms with van der Waals surface area (Å²) >= 11 is 0. The number of nitrogens with zero attached hydrogens (tertiary/aromatic N) is 2. The Kier molecular flexibility index (Phi) is 4.24. The van der Waals surface area contributed by atoms with Gasteiger partial charge in [0.1, 0.15) is 5.82 Å². The number of terminal acetylenes is 1. The summed E-state index contributed by atoms with van der Waals surface area (Å²) in [6, 6.07) is 6.31. The Morgan fingerprint density at radius 1 is 1.42 bits per heavy atom. The third-order valence-electron chi connectivity index (χ3n) is 3.43. The van der Waals surface area contributed by atoms with Crippen LogP contribution in [0.4, 0.5) is 0 Å². The Labute approximate surface area is 114 Å². The molecule has 1 unspecified atom stereocenters. The van der Waals surface area contributed by atoms with Gasteiger partial charge in [-0.25, -0.2) is 4.98 Å². The van der Waals surface area contributed by atoms with E-state index in [1.807, 2.05) is 0 Å². The Bertz CT molecular complexity index is 604. The number of hydrogen-bond acceptors (Lipinski definition) is 2. The summed E-state index contributed by atoms with van der Waals surface area (Å²) < 4.78 is 2.06. The fourth-order valence-corrected chi connectivity index (χ4v) is 2.39. The second-order valence-corrected chi connectivity index (χ2v) is 4.83. The maximum absolute atomic E-state index is 6.22. The Balaban J connectivity index is 2.55. The summed E-state index contributed by atoms with van der Waals surface area (Å²) in [5.74, 6) is 3.60. The van der Waals surface area contributed by atoms with Crippen LogP contribution in [0.1, 0.15) is 44.1 Å². The molecule has 0 fully saturated rings. The van der Waals surface area contributed by atoms with Gasteiger partial charge in [0.2, 0.25) is 0 Å². The fourth-order valence-electron chi connectivity index (χ4n) is 2.39. The molecule has 0 amide bonds. The molecule has 3 heteroatoms.